The zero-order valence-electron chi connectivity index (χ0n) is 15.3. The minimum Gasteiger partial charge on any atom is -0.350 e. The first kappa shape index (κ1) is 20.0. The maximum absolute atomic E-state index is 12.1. The Morgan fingerprint density at radius 1 is 1.07 bits per heavy atom. The number of aryl methyl sites for hydroxylation is 1. The molecule has 2 N–H and O–H groups in total. The molecule has 3 aromatic rings. The van der Waals surface area contributed by atoms with Gasteiger partial charge in [0.25, 0.3) is 0 Å². The average Bonchev–Trinajstić information content (AvgIpc) is 3.15. The molecule has 0 saturated carbocycles. The van der Waals surface area contributed by atoms with E-state index in [9.17, 15) is 9.59 Å². The fourth-order valence-corrected chi connectivity index (χ4v) is 3.96. The van der Waals surface area contributed by atoms with Crippen LogP contribution < -0.4 is 10.6 Å². The summed E-state index contributed by atoms with van der Waals surface area (Å²) < 4.78 is 0.770. The van der Waals surface area contributed by atoms with Crippen molar-refractivity contribution in [2.45, 2.75) is 24.2 Å². The van der Waals surface area contributed by atoms with Crippen LogP contribution >= 0.6 is 23.1 Å². The van der Waals surface area contributed by atoms with Crippen LogP contribution in [0.4, 0.5) is 5.69 Å². The predicted octanol–water partition coefficient (Wildman–Crippen LogP) is 3.44. The highest BCUT2D eigenvalue weighted by atomic mass is 32.2. The van der Waals surface area contributed by atoms with Crippen molar-refractivity contribution in [3.05, 3.63) is 71.0 Å². The number of nitrogens with one attached hydrogen (secondary N) is 2. The van der Waals surface area contributed by atoms with Gasteiger partial charge in [-0.25, -0.2) is 4.98 Å². The number of carbonyl (C=O) groups excluding carboxylic acids is 2. The van der Waals surface area contributed by atoms with Crippen LogP contribution in [0.25, 0.3) is 0 Å². The SMILES string of the molecule is Cc1ccc(NC(=O)CSc2nc(CC(=O)NCc3ccccn3)cs2)cc1. The summed E-state index contributed by atoms with van der Waals surface area (Å²) in [6.07, 6.45) is 1.90. The normalized spacial score (nSPS) is 10.5. The number of pyridine rings is 1. The molecule has 0 unspecified atom stereocenters. The molecule has 0 aliphatic carbocycles. The molecule has 1 aromatic carbocycles. The molecule has 0 aliphatic heterocycles. The van der Waals surface area contributed by atoms with Crippen LogP contribution in [0.15, 0.2) is 58.4 Å². The Balaban J connectivity index is 1.41. The second-order valence-corrected chi connectivity index (χ2v) is 8.16. The lowest BCUT2D eigenvalue weighted by atomic mass is 10.2. The summed E-state index contributed by atoms with van der Waals surface area (Å²) in [6, 6.07) is 13.2. The molecule has 0 bridgehead atoms. The van der Waals surface area contributed by atoms with Gasteiger partial charge in [-0.1, -0.05) is 35.5 Å². The van der Waals surface area contributed by atoms with Crippen LogP contribution in [0.1, 0.15) is 17.0 Å². The van der Waals surface area contributed by atoms with Gasteiger partial charge in [0, 0.05) is 17.3 Å². The molecule has 0 saturated heterocycles. The number of aromatic nitrogens is 2. The zero-order chi connectivity index (χ0) is 19.8. The van der Waals surface area contributed by atoms with Gasteiger partial charge in [-0.3, -0.25) is 14.6 Å². The van der Waals surface area contributed by atoms with E-state index >= 15 is 0 Å². The maximum atomic E-state index is 12.1. The number of thiazole rings is 1. The molecule has 0 aliphatic rings. The summed E-state index contributed by atoms with van der Waals surface area (Å²) in [5, 5.41) is 7.54. The summed E-state index contributed by atoms with van der Waals surface area (Å²) in [6.45, 7) is 2.39. The Morgan fingerprint density at radius 3 is 2.64 bits per heavy atom. The van der Waals surface area contributed by atoms with E-state index in [2.05, 4.69) is 20.6 Å². The average molecular weight is 413 g/mol. The highest BCUT2D eigenvalue weighted by Crippen LogP contribution is 2.23. The van der Waals surface area contributed by atoms with Crippen molar-refractivity contribution < 1.29 is 9.59 Å². The standard InChI is InChI=1S/C20H20N4O2S2/c1-14-5-7-15(8-6-14)23-19(26)13-28-20-24-17(12-27-20)10-18(25)22-11-16-4-2-3-9-21-16/h2-9,12H,10-11,13H2,1H3,(H,22,25)(H,23,26). The first-order chi connectivity index (χ1) is 13.6. The summed E-state index contributed by atoms with van der Waals surface area (Å²) in [4.78, 5) is 32.7. The number of carbonyl (C=O) groups is 2. The van der Waals surface area contributed by atoms with Crippen LogP contribution in [0.2, 0.25) is 0 Å². The summed E-state index contributed by atoms with van der Waals surface area (Å²) >= 11 is 2.80. The second kappa shape index (κ2) is 10.0. The van der Waals surface area contributed by atoms with E-state index in [4.69, 9.17) is 0 Å². The summed E-state index contributed by atoms with van der Waals surface area (Å²) in [5.41, 5.74) is 3.43. The van der Waals surface area contributed by atoms with Crippen LogP contribution in [0.3, 0.4) is 0 Å². The highest BCUT2D eigenvalue weighted by molar-refractivity contribution is 8.01. The molecule has 6 nitrogen and oxygen atoms in total. The minimum atomic E-state index is -0.107. The number of thioether (sulfide) groups is 1. The van der Waals surface area contributed by atoms with Crippen LogP contribution in [-0.4, -0.2) is 27.5 Å². The monoisotopic (exact) mass is 412 g/mol. The van der Waals surface area contributed by atoms with Crippen molar-refractivity contribution in [1.82, 2.24) is 15.3 Å². The van der Waals surface area contributed by atoms with Crippen molar-refractivity contribution in [3.8, 4) is 0 Å². The Labute approximate surface area is 171 Å². The second-order valence-electron chi connectivity index (χ2n) is 6.08. The van der Waals surface area contributed by atoms with Crippen molar-refractivity contribution >= 4 is 40.6 Å². The summed E-state index contributed by atoms with van der Waals surface area (Å²) in [7, 11) is 0. The first-order valence-electron chi connectivity index (χ1n) is 8.69. The topological polar surface area (TPSA) is 84.0 Å². The molecule has 2 heterocycles. The lowest BCUT2D eigenvalue weighted by Gasteiger charge is -2.04. The lowest BCUT2D eigenvalue weighted by Crippen LogP contribution is -2.25. The molecular weight excluding hydrogens is 392 g/mol. The third kappa shape index (κ3) is 6.47. The molecule has 3 rings (SSSR count). The van der Waals surface area contributed by atoms with E-state index < -0.39 is 0 Å². The van der Waals surface area contributed by atoms with Crippen molar-refractivity contribution in [2.75, 3.05) is 11.1 Å². The van der Waals surface area contributed by atoms with Crippen molar-refractivity contribution in [3.63, 3.8) is 0 Å². The van der Waals surface area contributed by atoms with Crippen molar-refractivity contribution in [1.29, 1.82) is 0 Å². The molecule has 0 fully saturated rings. The third-order valence-electron chi connectivity index (χ3n) is 3.73. The molecule has 2 amide bonds. The summed E-state index contributed by atoms with van der Waals surface area (Å²) in [5.74, 6) is 0.0792. The van der Waals surface area contributed by atoms with Gasteiger partial charge in [0.15, 0.2) is 4.34 Å². The molecule has 0 atom stereocenters. The first-order valence-corrected chi connectivity index (χ1v) is 10.6. The van der Waals surface area contributed by atoms with Gasteiger partial charge in [0.2, 0.25) is 11.8 Å². The number of rotatable bonds is 8. The van der Waals surface area contributed by atoms with Gasteiger partial charge in [-0.05, 0) is 31.2 Å². The lowest BCUT2D eigenvalue weighted by molar-refractivity contribution is -0.120. The molecule has 0 radical (unpaired) electrons. The van der Waals surface area contributed by atoms with Gasteiger partial charge in [0.05, 0.1) is 30.1 Å². The van der Waals surface area contributed by atoms with Gasteiger partial charge >= 0.3 is 0 Å². The van der Waals surface area contributed by atoms with E-state index in [0.29, 0.717) is 12.2 Å². The zero-order valence-corrected chi connectivity index (χ0v) is 17.0. The van der Waals surface area contributed by atoms with Gasteiger partial charge in [0.1, 0.15) is 0 Å². The Bertz CT molecular complexity index is 927. The third-order valence-corrected chi connectivity index (χ3v) is 5.80. The number of hydrogen-bond donors (Lipinski definition) is 2. The largest absolute Gasteiger partial charge is 0.350 e. The van der Waals surface area contributed by atoms with Gasteiger partial charge in [-0.2, -0.15) is 0 Å². The van der Waals surface area contributed by atoms with Crippen LogP contribution in [0, 0.1) is 6.92 Å². The number of amides is 2. The fraction of sp³-hybridized carbons (Fsp3) is 0.200. The predicted molar refractivity (Wildman–Crippen MR) is 112 cm³/mol. The molecule has 28 heavy (non-hydrogen) atoms. The highest BCUT2D eigenvalue weighted by Gasteiger charge is 2.10. The quantitative estimate of drug-likeness (QED) is 0.554. The molecule has 144 valence electrons. The van der Waals surface area contributed by atoms with E-state index in [1.807, 2.05) is 54.8 Å². The number of anilines is 1. The smallest absolute Gasteiger partial charge is 0.234 e. The maximum Gasteiger partial charge on any atom is 0.234 e. The van der Waals surface area contributed by atoms with E-state index in [1.54, 1.807) is 6.20 Å². The molecular formula is C20H20N4O2S2. The Hall–Kier alpha value is -2.71. The van der Waals surface area contributed by atoms with Crippen LogP contribution in [-0.2, 0) is 22.6 Å². The molecule has 0 spiro atoms. The van der Waals surface area contributed by atoms with E-state index in [-0.39, 0.29) is 24.0 Å². The Morgan fingerprint density at radius 2 is 1.89 bits per heavy atom. The van der Waals surface area contributed by atoms with E-state index in [0.717, 1.165) is 21.3 Å². The molecule has 2 aromatic heterocycles. The van der Waals surface area contributed by atoms with Gasteiger partial charge < -0.3 is 10.6 Å². The minimum absolute atomic E-state index is 0.0845. The number of nitrogens with zero attached hydrogens (tertiary/aromatic N) is 2. The molecule has 8 heteroatoms. The number of hydrogen-bond acceptors (Lipinski definition) is 6. The van der Waals surface area contributed by atoms with Gasteiger partial charge in [-0.15, -0.1) is 11.3 Å². The number of benzene rings is 1. The van der Waals surface area contributed by atoms with Crippen molar-refractivity contribution in [2.24, 2.45) is 0 Å². The van der Waals surface area contributed by atoms with E-state index in [1.165, 1.54) is 23.1 Å². The van der Waals surface area contributed by atoms with Crippen LogP contribution in [0.5, 0.6) is 0 Å². The Kier molecular flexibility index (Phi) is 7.16. The fourth-order valence-electron chi connectivity index (χ4n) is 2.32.